The number of esters is 1. The Hall–Kier alpha value is -2.83. The molecule has 0 spiro atoms. The van der Waals surface area contributed by atoms with E-state index in [0.717, 1.165) is 17.4 Å². The lowest BCUT2D eigenvalue weighted by molar-refractivity contribution is -0.385. The van der Waals surface area contributed by atoms with Gasteiger partial charge in [-0.1, -0.05) is 6.07 Å². The fraction of sp³-hybridized carbons (Fsp3) is 0.368. The summed E-state index contributed by atoms with van der Waals surface area (Å²) in [5.41, 5.74) is 0.484. The van der Waals surface area contributed by atoms with E-state index in [1.807, 2.05) is 0 Å². The topological polar surface area (TPSA) is 136 Å². The van der Waals surface area contributed by atoms with Crippen LogP contribution < -0.4 is 5.32 Å². The van der Waals surface area contributed by atoms with Gasteiger partial charge in [-0.25, -0.2) is 13.2 Å². The molecule has 1 fully saturated rings. The molecule has 2 heterocycles. The Bertz CT molecular complexity index is 1120. The molecule has 1 aromatic heterocycles. The second-order valence-corrected chi connectivity index (χ2v) is 9.85. The first-order valence-corrected chi connectivity index (χ1v) is 11.7. The fourth-order valence-electron chi connectivity index (χ4n) is 3.37. The molecule has 0 radical (unpaired) electrons. The number of carbonyl (C=O) groups excluding carboxylic acids is 2. The van der Waals surface area contributed by atoms with Gasteiger partial charge in [0.05, 0.1) is 22.6 Å². The van der Waals surface area contributed by atoms with Crippen LogP contribution in [-0.4, -0.2) is 49.7 Å². The number of piperidine rings is 1. The Kier molecular flexibility index (Phi) is 6.72. The summed E-state index contributed by atoms with van der Waals surface area (Å²) in [6.07, 6.45) is 0.577. The van der Waals surface area contributed by atoms with Crippen LogP contribution >= 0.6 is 11.3 Å². The molecule has 1 N–H and O–H groups in total. The Balaban J connectivity index is 1.69. The number of sulfonamides is 1. The Morgan fingerprint density at radius 2 is 1.94 bits per heavy atom. The number of nitrogens with zero attached hydrogens (tertiary/aromatic N) is 2. The number of benzene rings is 1. The summed E-state index contributed by atoms with van der Waals surface area (Å²) in [7, 11) is -2.67. The predicted octanol–water partition coefficient (Wildman–Crippen LogP) is 2.79. The maximum Gasteiger partial charge on any atom is 0.350 e. The fourth-order valence-corrected chi connectivity index (χ4v) is 5.85. The average molecular weight is 468 g/mol. The summed E-state index contributed by atoms with van der Waals surface area (Å²) in [5, 5.41) is 15.4. The standard InChI is InChI=1S/C19H21N3O7S2/c1-12-3-4-14(22(25)26)11-16(12)31(27,28)21-8-5-13(6-9-21)18(23)20-15-7-10-30-17(15)19(24)29-2/h3-4,7,10-11,13H,5-6,8-9H2,1-2H3,(H,20,23). The number of non-ortho nitro benzene ring substituents is 1. The number of aryl methyl sites for hydroxylation is 1. The Morgan fingerprint density at radius 1 is 1.26 bits per heavy atom. The zero-order chi connectivity index (χ0) is 22.8. The number of hydrogen-bond acceptors (Lipinski definition) is 8. The first-order valence-electron chi connectivity index (χ1n) is 9.37. The third kappa shape index (κ3) is 4.75. The van der Waals surface area contributed by atoms with Crippen molar-refractivity contribution in [2.24, 2.45) is 5.92 Å². The molecule has 1 aromatic carbocycles. The number of thiophene rings is 1. The number of nitro benzene ring substituents is 1. The zero-order valence-electron chi connectivity index (χ0n) is 16.9. The molecule has 0 unspecified atom stereocenters. The van der Waals surface area contributed by atoms with Gasteiger partial charge in [-0.3, -0.25) is 14.9 Å². The number of carbonyl (C=O) groups is 2. The SMILES string of the molecule is COC(=O)c1sccc1NC(=O)C1CCN(S(=O)(=O)c2cc([N+](=O)[O-])ccc2C)CC1. The molecule has 1 saturated heterocycles. The second-order valence-electron chi connectivity index (χ2n) is 7.03. The Morgan fingerprint density at radius 3 is 2.55 bits per heavy atom. The van der Waals surface area contributed by atoms with E-state index < -0.39 is 26.8 Å². The van der Waals surface area contributed by atoms with E-state index in [1.54, 1.807) is 18.4 Å². The molecule has 31 heavy (non-hydrogen) atoms. The first kappa shape index (κ1) is 22.8. The van der Waals surface area contributed by atoms with Crippen LogP contribution in [0.2, 0.25) is 0 Å². The molecular formula is C19H21N3O7S2. The third-order valence-electron chi connectivity index (χ3n) is 5.12. The Labute approximate surface area is 183 Å². The summed E-state index contributed by atoms with van der Waals surface area (Å²) < 4.78 is 32.0. The minimum atomic E-state index is -3.93. The van der Waals surface area contributed by atoms with Crippen molar-refractivity contribution in [2.45, 2.75) is 24.7 Å². The smallest absolute Gasteiger partial charge is 0.350 e. The summed E-state index contributed by atoms with van der Waals surface area (Å²) in [6.45, 7) is 1.79. The van der Waals surface area contributed by atoms with Crippen molar-refractivity contribution in [3.8, 4) is 0 Å². The number of nitro groups is 1. The van der Waals surface area contributed by atoms with Crippen molar-refractivity contribution >= 4 is 44.6 Å². The van der Waals surface area contributed by atoms with Crippen LogP contribution in [0.25, 0.3) is 0 Å². The summed E-state index contributed by atoms with van der Waals surface area (Å²) in [5.74, 6) is -1.27. The molecule has 12 heteroatoms. The highest BCUT2D eigenvalue weighted by Gasteiger charge is 2.34. The van der Waals surface area contributed by atoms with Crippen LogP contribution in [0, 0.1) is 23.0 Å². The van der Waals surface area contributed by atoms with E-state index >= 15 is 0 Å². The highest BCUT2D eigenvalue weighted by Crippen LogP contribution is 2.30. The minimum Gasteiger partial charge on any atom is -0.465 e. The van der Waals surface area contributed by atoms with Gasteiger partial charge < -0.3 is 10.1 Å². The summed E-state index contributed by atoms with van der Waals surface area (Å²) in [4.78, 5) is 35.0. The van der Waals surface area contributed by atoms with Crippen LogP contribution in [0.1, 0.15) is 28.1 Å². The van der Waals surface area contributed by atoms with Gasteiger partial charge in [0.2, 0.25) is 15.9 Å². The lowest BCUT2D eigenvalue weighted by Gasteiger charge is -2.30. The zero-order valence-corrected chi connectivity index (χ0v) is 18.5. The quantitative estimate of drug-likeness (QED) is 0.392. The molecule has 0 saturated carbocycles. The van der Waals surface area contributed by atoms with Gasteiger partial charge in [-0.05, 0) is 36.8 Å². The number of anilines is 1. The number of methoxy groups -OCH3 is 1. The van der Waals surface area contributed by atoms with Gasteiger partial charge >= 0.3 is 5.97 Å². The number of nitrogens with one attached hydrogen (secondary N) is 1. The average Bonchev–Trinajstić information content (AvgIpc) is 3.21. The van der Waals surface area contributed by atoms with E-state index in [-0.39, 0.29) is 47.3 Å². The van der Waals surface area contributed by atoms with Crippen molar-refractivity contribution in [2.75, 3.05) is 25.5 Å². The molecule has 0 bridgehead atoms. The number of rotatable bonds is 6. The van der Waals surface area contributed by atoms with Crippen molar-refractivity contribution in [3.05, 3.63) is 50.2 Å². The van der Waals surface area contributed by atoms with Crippen LogP contribution in [0.5, 0.6) is 0 Å². The summed E-state index contributed by atoms with van der Waals surface area (Å²) in [6, 6.07) is 5.34. The maximum absolute atomic E-state index is 13.0. The van der Waals surface area contributed by atoms with Crippen molar-refractivity contribution < 1.29 is 27.7 Å². The largest absolute Gasteiger partial charge is 0.465 e. The second kappa shape index (κ2) is 9.12. The van der Waals surface area contributed by atoms with E-state index in [2.05, 4.69) is 5.32 Å². The molecule has 2 aromatic rings. The first-order chi connectivity index (χ1) is 14.6. The highest BCUT2D eigenvalue weighted by molar-refractivity contribution is 7.89. The van der Waals surface area contributed by atoms with Crippen LogP contribution in [0.15, 0.2) is 34.5 Å². The van der Waals surface area contributed by atoms with E-state index in [9.17, 15) is 28.1 Å². The van der Waals surface area contributed by atoms with Gasteiger partial charge in [-0.15, -0.1) is 11.3 Å². The molecule has 1 amide bonds. The van der Waals surface area contributed by atoms with Gasteiger partial charge in [0.15, 0.2) is 0 Å². The lowest BCUT2D eigenvalue weighted by Crippen LogP contribution is -2.41. The van der Waals surface area contributed by atoms with Gasteiger partial charge in [0, 0.05) is 31.1 Å². The molecule has 166 valence electrons. The minimum absolute atomic E-state index is 0.106. The van der Waals surface area contributed by atoms with Crippen molar-refractivity contribution in [3.63, 3.8) is 0 Å². The van der Waals surface area contributed by atoms with E-state index in [0.29, 0.717) is 11.3 Å². The molecule has 0 atom stereocenters. The normalized spacial score (nSPS) is 15.4. The van der Waals surface area contributed by atoms with Crippen LogP contribution in [-0.2, 0) is 19.6 Å². The number of hydrogen-bond donors (Lipinski definition) is 1. The molecule has 1 aliphatic heterocycles. The van der Waals surface area contributed by atoms with Crippen LogP contribution in [0.3, 0.4) is 0 Å². The van der Waals surface area contributed by atoms with Gasteiger partial charge in [0.1, 0.15) is 4.88 Å². The van der Waals surface area contributed by atoms with E-state index in [4.69, 9.17) is 4.74 Å². The lowest BCUT2D eigenvalue weighted by atomic mass is 9.97. The molecule has 0 aliphatic carbocycles. The van der Waals surface area contributed by atoms with E-state index in [1.165, 1.54) is 23.5 Å². The van der Waals surface area contributed by atoms with Crippen molar-refractivity contribution in [1.29, 1.82) is 0 Å². The molecule has 1 aliphatic rings. The number of ether oxygens (including phenoxy) is 1. The maximum atomic E-state index is 13.0. The number of amides is 1. The molecule has 10 nitrogen and oxygen atoms in total. The van der Waals surface area contributed by atoms with Gasteiger partial charge in [0.25, 0.3) is 5.69 Å². The monoisotopic (exact) mass is 467 g/mol. The predicted molar refractivity (Wildman–Crippen MR) is 114 cm³/mol. The van der Waals surface area contributed by atoms with Crippen molar-refractivity contribution in [1.82, 2.24) is 4.31 Å². The molecular weight excluding hydrogens is 446 g/mol. The molecule has 3 rings (SSSR count). The van der Waals surface area contributed by atoms with Crippen LogP contribution in [0.4, 0.5) is 11.4 Å². The third-order valence-corrected chi connectivity index (χ3v) is 8.05. The summed E-state index contributed by atoms with van der Waals surface area (Å²) >= 11 is 1.15. The highest BCUT2D eigenvalue weighted by atomic mass is 32.2. The van der Waals surface area contributed by atoms with Gasteiger partial charge in [-0.2, -0.15) is 4.31 Å².